The van der Waals surface area contributed by atoms with Crippen LogP contribution in [0.2, 0.25) is 5.02 Å². The van der Waals surface area contributed by atoms with Gasteiger partial charge in [0, 0.05) is 27.1 Å². The van der Waals surface area contributed by atoms with E-state index in [1.165, 1.54) is 0 Å². The normalized spacial score (nSPS) is 14.1. The summed E-state index contributed by atoms with van der Waals surface area (Å²) in [5, 5.41) is 19.9. The summed E-state index contributed by atoms with van der Waals surface area (Å²) in [7, 11) is 0. The van der Waals surface area contributed by atoms with Gasteiger partial charge in [-0.2, -0.15) is 10.2 Å². The van der Waals surface area contributed by atoms with Gasteiger partial charge in [0.1, 0.15) is 11.9 Å². The fourth-order valence-electron chi connectivity index (χ4n) is 2.48. The Morgan fingerprint density at radius 1 is 1.48 bits per heavy atom. The van der Waals surface area contributed by atoms with Crippen LogP contribution in [0.4, 0.5) is 0 Å². The Morgan fingerprint density at radius 3 is 2.91 bits per heavy atom. The second-order valence-electron chi connectivity index (χ2n) is 5.09. The highest BCUT2D eigenvalue weighted by Crippen LogP contribution is 2.38. The first kappa shape index (κ1) is 16.7. The Bertz CT molecular complexity index is 842. The summed E-state index contributed by atoms with van der Waals surface area (Å²) in [4.78, 5) is 3.19. The Balaban J connectivity index is 2.26. The number of nitrogens with one attached hydrogen (secondary N) is 1. The molecule has 3 aromatic rings. The fraction of sp³-hybridized carbons (Fsp3) is 0.200. The first-order valence-electron chi connectivity index (χ1n) is 6.74. The van der Waals surface area contributed by atoms with E-state index in [4.69, 9.17) is 11.6 Å². The molecule has 3 rings (SSSR count). The highest BCUT2D eigenvalue weighted by molar-refractivity contribution is 9.10. The molecule has 2 heterocycles. The molecule has 0 amide bonds. The molecule has 0 aliphatic heterocycles. The third-order valence-corrected chi connectivity index (χ3v) is 5.40. The van der Waals surface area contributed by atoms with Gasteiger partial charge < -0.3 is 14.6 Å². The minimum Gasteiger partial charge on any atom is -0.616 e. The third-order valence-electron chi connectivity index (χ3n) is 3.42. The molecule has 2 atom stereocenters. The van der Waals surface area contributed by atoms with Gasteiger partial charge in [0.05, 0.1) is 22.7 Å². The number of aromatic nitrogens is 3. The zero-order valence-electron chi connectivity index (χ0n) is 12.1. The molecular formula is C15H13BrClN3O2S. The number of aromatic amines is 1. The maximum absolute atomic E-state index is 11.5. The molecular weight excluding hydrogens is 402 g/mol. The number of H-pyrrole nitrogens is 1. The predicted molar refractivity (Wildman–Crippen MR) is 95.9 cm³/mol. The highest BCUT2D eigenvalue weighted by Gasteiger charge is 2.23. The first-order valence-corrected chi connectivity index (χ1v) is 9.64. The van der Waals surface area contributed by atoms with Crippen molar-refractivity contribution in [1.82, 2.24) is 15.2 Å². The van der Waals surface area contributed by atoms with Crippen molar-refractivity contribution in [1.29, 1.82) is 0 Å². The van der Waals surface area contributed by atoms with Crippen molar-refractivity contribution < 1.29 is 9.66 Å². The summed E-state index contributed by atoms with van der Waals surface area (Å²) < 4.78 is 12.2. The molecule has 0 aliphatic rings. The van der Waals surface area contributed by atoms with Gasteiger partial charge in [-0.05, 0) is 40.2 Å². The van der Waals surface area contributed by atoms with Gasteiger partial charge in [-0.1, -0.05) is 22.8 Å². The van der Waals surface area contributed by atoms with E-state index >= 15 is 0 Å². The summed E-state index contributed by atoms with van der Waals surface area (Å²) in [6, 6.07) is 7.23. The van der Waals surface area contributed by atoms with Gasteiger partial charge in [0.15, 0.2) is 0 Å². The number of rotatable bonds is 4. The number of aliphatic hydroxyl groups excluding tert-OH is 1. The topological polar surface area (TPSA) is 84.9 Å². The molecule has 0 bridgehead atoms. The van der Waals surface area contributed by atoms with E-state index in [9.17, 15) is 9.66 Å². The SMILES string of the molecule is C[S+]([O-])CC(O)c1[nH]c2cc(Br)c(Cl)cc2c1-c1cccnn1. The Labute approximate surface area is 149 Å². The second kappa shape index (κ2) is 6.78. The number of halogens is 2. The summed E-state index contributed by atoms with van der Waals surface area (Å²) in [6.07, 6.45) is 2.24. The maximum atomic E-state index is 11.5. The van der Waals surface area contributed by atoms with E-state index in [2.05, 4.69) is 31.1 Å². The first-order chi connectivity index (χ1) is 11.0. The lowest BCUT2D eigenvalue weighted by molar-refractivity contribution is 0.198. The van der Waals surface area contributed by atoms with E-state index in [-0.39, 0.29) is 5.75 Å². The van der Waals surface area contributed by atoms with Crippen LogP contribution in [0, 0.1) is 0 Å². The zero-order chi connectivity index (χ0) is 16.6. The minimum absolute atomic E-state index is 0.134. The summed E-state index contributed by atoms with van der Waals surface area (Å²) in [5.41, 5.74) is 2.70. The Hall–Kier alpha value is -1.12. The molecule has 2 N–H and O–H groups in total. The maximum Gasteiger partial charge on any atom is 0.139 e. The van der Waals surface area contributed by atoms with Crippen LogP contribution >= 0.6 is 27.5 Å². The Morgan fingerprint density at radius 2 is 2.26 bits per heavy atom. The van der Waals surface area contributed by atoms with Gasteiger partial charge in [-0.15, -0.1) is 0 Å². The molecule has 8 heteroatoms. The average molecular weight is 415 g/mol. The van der Waals surface area contributed by atoms with Crippen molar-refractivity contribution in [3.05, 3.63) is 45.7 Å². The smallest absolute Gasteiger partial charge is 0.139 e. The summed E-state index contributed by atoms with van der Waals surface area (Å²) in [6.45, 7) is 0. The van der Waals surface area contributed by atoms with Gasteiger partial charge in [-0.25, -0.2) is 0 Å². The van der Waals surface area contributed by atoms with Crippen LogP contribution in [-0.4, -0.2) is 36.8 Å². The number of fused-ring (bicyclic) bond motifs is 1. The molecule has 0 spiro atoms. The van der Waals surface area contributed by atoms with Crippen molar-refractivity contribution >= 4 is 49.6 Å². The van der Waals surface area contributed by atoms with E-state index in [1.807, 2.05) is 12.1 Å². The lowest BCUT2D eigenvalue weighted by atomic mass is 10.0. The number of hydrogen-bond acceptors (Lipinski definition) is 4. The molecule has 1 aromatic carbocycles. The number of hydrogen-bond donors (Lipinski definition) is 2. The van der Waals surface area contributed by atoms with Crippen LogP contribution in [0.5, 0.6) is 0 Å². The van der Waals surface area contributed by atoms with Crippen molar-refractivity contribution in [2.75, 3.05) is 12.0 Å². The van der Waals surface area contributed by atoms with Crippen LogP contribution in [0.25, 0.3) is 22.2 Å². The van der Waals surface area contributed by atoms with Crippen LogP contribution in [0.15, 0.2) is 34.9 Å². The fourth-order valence-corrected chi connectivity index (χ4v) is 3.59. The quantitative estimate of drug-likeness (QED) is 0.640. The van der Waals surface area contributed by atoms with Crippen LogP contribution in [0.1, 0.15) is 11.8 Å². The van der Waals surface area contributed by atoms with E-state index < -0.39 is 17.3 Å². The predicted octanol–water partition coefficient (Wildman–Crippen LogP) is 3.45. The molecule has 2 aromatic heterocycles. The highest BCUT2D eigenvalue weighted by atomic mass is 79.9. The van der Waals surface area contributed by atoms with Gasteiger partial charge in [-0.3, -0.25) is 0 Å². The average Bonchev–Trinajstić information content (AvgIpc) is 2.86. The minimum atomic E-state index is -1.13. The molecule has 5 nitrogen and oxygen atoms in total. The molecule has 0 saturated heterocycles. The second-order valence-corrected chi connectivity index (χ2v) is 7.83. The molecule has 0 fully saturated rings. The molecule has 120 valence electrons. The molecule has 23 heavy (non-hydrogen) atoms. The van der Waals surface area contributed by atoms with E-state index in [1.54, 1.807) is 24.6 Å². The number of benzene rings is 1. The van der Waals surface area contributed by atoms with E-state index in [0.717, 1.165) is 20.9 Å². The van der Waals surface area contributed by atoms with Gasteiger partial charge in [0.2, 0.25) is 0 Å². The van der Waals surface area contributed by atoms with Crippen molar-refractivity contribution in [2.24, 2.45) is 0 Å². The van der Waals surface area contributed by atoms with E-state index in [0.29, 0.717) is 16.4 Å². The van der Waals surface area contributed by atoms with Crippen molar-refractivity contribution in [3.63, 3.8) is 0 Å². The third kappa shape index (κ3) is 3.39. The standard InChI is InChI=1S/C15H13BrClN3O2S/c1-23(22)7-13(21)15-14(11-3-2-4-18-20-11)8-5-10(17)9(16)6-12(8)19-15/h2-6,13,19,21H,7H2,1H3. The van der Waals surface area contributed by atoms with Crippen molar-refractivity contribution in [3.8, 4) is 11.3 Å². The van der Waals surface area contributed by atoms with Crippen LogP contribution in [-0.2, 0) is 11.2 Å². The van der Waals surface area contributed by atoms with Crippen molar-refractivity contribution in [2.45, 2.75) is 6.10 Å². The zero-order valence-corrected chi connectivity index (χ0v) is 15.2. The van der Waals surface area contributed by atoms with Crippen LogP contribution in [0.3, 0.4) is 0 Å². The van der Waals surface area contributed by atoms with Gasteiger partial charge >= 0.3 is 0 Å². The molecule has 2 unspecified atom stereocenters. The summed E-state index contributed by atoms with van der Waals surface area (Å²) in [5.74, 6) is 0.134. The number of aliphatic hydroxyl groups is 1. The summed E-state index contributed by atoms with van der Waals surface area (Å²) >= 11 is 8.47. The Kier molecular flexibility index (Phi) is 4.93. The monoisotopic (exact) mass is 413 g/mol. The van der Waals surface area contributed by atoms with Gasteiger partial charge in [0.25, 0.3) is 0 Å². The molecule has 0 radical (unpaired) electrons. The lowest BCUT2D eigenvalue weighted by Gasteiger charge is -2.12. The molecule has 0 saturated carbocycles. The largest absolute Gasteiger partial charge is 0.616 e. The van der Waals surface area contributed by atoms with Crippen LogP contribution < -0.4 is 0 Å². The number of nitrogens with zero attached hydrogens (tertiary/aromatic N) is 2. The molecule has 0 aliphatic carbocycles. The lowest BCUT2D eigenvalue weighted by Crippen LogP contribution is -2.14.